The van der Waals surface area contributed by atoms with Gasteiger partial charge in [0.15, 0.2) is 17.4 Å². The maximum Gasteiger partial charge on any atom is 2.00 e. The Balaban J connectivity index is -0.000000301. The molecule has 0 N–H and O–H groups in total. The number of ether oxygens (including phenoxy) is 1. The second-order valence-corrected chi connectivity index (χ2v) is 4.56. The molecular formula is C16H23AlCl2MgO. The molecule has 1 saturated heterocycles. The molecule has 1 atom stereocenters. The maximum atomic E-state index is 5.38. The number of benzene rings is 2. The smallest absolute Gasteiger partial charge is 1.00 e. The Morgan fingerprint density at radius 1 is 0.905 bits per heavy atom. The van der Waals surface area contributed by atoms with Crippen molar-refractivity contribution in [3.8, 4) is 0 Å². The van der Waals surface area contributed by atoms with Crippen molar-refractivity contribution in [1.82, 2.24) is 0 Å². The summed E-state index contributed by atoms with van der Waals surface area (Å²) in [6.07, 6.45) is 1.55. The van der Waals surface area contributed by atoms with E-state index in [9.17, 15) is 0 Å². The zero-order valence-corrected chi connectivity index (χ0v) is 14.3. The van der Waals surface area contributed by atoms with Crippen LogP contribution < -0.4 is 0 Å². The summed E-state index contributed by atoms with van der Waals surface area (Å²) in [6, 6.07) is 21.4. The van der Waals surface area contributed by atoms with E-state index in [1.54, 1.807) is 0 Å². The van der Waals surface area contributed by atoms with Crippen molar-refractivity contribution in [2.75, 3.05) is 6.61 Å². The topological polar surface area (TPSA) is 12.5 Å². The number of hydrogen-bond acceptors (Lipinski definition) is 1. The second kappa shape index (κ2) is 11.8. The average molecular weight is 354 g/mol. The Kier molecular flexibility index (Phi) is 13.2. The van der Waals surface area contributed by atoms with Crippen LogP contribution >= 0.6 is 24.8 Å². The van der Waals surface area contributed by atoms with Crippen LogP contribution in [0.25, 0.3) is 0 Å². The van der Waals surface area contributed by atoms with Crippen molar-refractivity contribution in [2.45, 2.75) is 18.4 Å². The molecule has 21 heavy (non-hydrogen) atoms. The molecule has 0 radical (unpaired) electrons. The summed E-state index contributed by atoms with van der Waals surface area (Å²) in [6.45, 7) is 0.927. The first-order valence-electron chi connectivity index (χ1n) is 6.15. The van der Waals surface area contributed by atoms with E-state index in [1.165, 1.54) is 11.1 Å². The van der Waals surface area contributed by atoms with Gasteiger partial charge in [0, 0.05) is 5.92 Å². The van der Waals surface area contributed by atoms with Crippen LogP contribution in [-0.4, -0.2) is 53.1 Å². The van der Waals surface area contributed by atoms with E-state index in [0.717, 1.165) is 13.0 Å². The minimum Gasteiger partial charge on any atom is -1.00 e. The van der Waals surface area contributed by atoms with Gasteiger partial charge in [-0.1, -0.05) is 60.7 Å². The van der Waals surface area contributed by atoms with Crippen LogP contribution in [0.1, 0.15) is 26.3 Å². The largest absolute Gasteiger partial charge is 2.00 e. The van der Waals surface area contributed by atoms with E-state index in [2.05, 4.69) is 60.7 Å². The van der Waals surface area contributed by atoms with Crippen molar-refractivity contribution >= 4 is 65.2 Å². The summed E-state index contributed by atoms with van der Waals surface area (Å²) in [5, 5.41) is 0. The monoisotopic (exact) mass is 352 g/mol. The second-order valence-electron chi connectivity index (χ2n) is 4.56. The molecule has 1 unspecified atom stereocenters. The number of rotatable bonds is 4. The summed E-state index contributed by atoms with van der Waals surface area (Å²) >= 11 is 0. The number of hydrogen-bond donors (Lipinski definition) is 0. The quantitative estimate of drug-likeness (QED) is 0.608. The molecule has 1 nitrogen and oxygen atoms in total. The van der Waals surface area contributed by atoms with Crippen molar-refractivity contribution < 1.29 is 7.59 Å². The predicted molar refractivity (Wildman–Crippen MR) is 101 cm³/mol. The van der Waals surface area contributed by atoms with Gasteiger partial charge in [-0.3, -0.25) is 0 Å². The SMILES string of the molecule is Cl.Cl.[AlH3].[H-].[H-].[Mg+2].c1ccc(C(CC2CO2)c2ccccc2)cc1. The molecule has 112 valence electrons. The normalized spacial score (nSPS) is 14.8. The molecule has 2 aromatic rings. The molecule has 1 heterocycles. The fourth-order valence-corrected chi connectivity index (χ4v) is 2.30. The van der Waals surface area contributed by atoms with Crippen LogP contribution in [0.4, 0.5) is 0 Å². The summed E-state index contributed by atoms with van der Waals surface area (Å²) in [4.78, 5) is 0. The molecule has 0 amide bonds. The molecule has 2 aromatic carbocycles. The number of epoxide rings is 1. The van der Waals surface area contributed by atoms with Gasteiger partial charge < -0.3 is 7.59 Å². The summed E-state index contributed by atoms with van der Waals surface area (Å²) in [5.41, 5.74) is 2.77. The van der Waals surface area contributed by atoms with Gasteiger partial charge in [0.25, 0.3) is 0 Å². The Labute approximate surface area is 168 Å². The van der Waals surface area contributed by atoms with Crippen LogP contribution in [0.3, 0.4) is 0 Å². The van der Waals surface area contributed by atoms with Gasteiger partial charge in [-0.2, -0.15) is 0 Å². The Morgan fingerprint density at radius 2 is 1.29 bits per heavy atom. The van der Waals surface area contributed by atoms with E-state index >= 15 is 0 Å². The van der Waals surface area contributed by atoms with E-state index in [0.29, 0.717) is 12.0 Å². The van der Waals surface area contributed by atoms with Crippen molar-refractivity contribution in [3.05, 3.63) is 71.8 Å². The first-order valence-corrected chi connectivity index (χ1v) is 6.15. The zero-order valence-electron chi connectivity index (χ0n) is 13.3. The summed E-state index contributed by atoms with van der Waals surface area (Å²) < 4.78 is 5.38. The third-order valence-electron chi connectivity index (χ3n) is 3.30. The summed E-state index contributed by atoms with van der Waals surface area (Å²) in [7, 11) is 0. The molecule has 1 aliphatic heterocycles. The third kappa shape index (κ3) is 6.93. The van der Waals surface area contributed by atoms with Gasteiger partial charge in [0.05, 0.1) is 12.7 Å². The summed E-state index contributed by atoms with van der Waals surface area (Å²) in [5.74, 6) is 0.463. The minimum atomic E-state index is 0. The van der Waals surface area contributed by atoms with Crippen LogP contribution in [0.15, 0.2) is 60.7 Å². The van der Waals surface area contributed by atoms with E-state index in [1.807, 2.05) is 0 Å². The Hall–Kier alpha value is 0.279. The van der Waals surface area contributed by atoms with Gasteiger partial charge in [0.1, 0.15) is 0 Å². The van der Waals surface area contributed by atoms with Crippen molar-refractivity contribution in [3.63, 3.8) is 0 Å². The van der Waals surface area contributed by atoms with Crippen LogP contribution in [0.2, 0.25) is 0 Å². The van der Waals surface area contributed by atoms with Crippen LogP contribution in [-0.2, 0) is 4.74 Å². The van der Waals surface area contributed by atoms with Gasteiger partial charge in [-0.15, -0.1) is 24.8 Å². The van der Waals surface area contributed by atoms with Crippen LogP contribution in [0.5, 0.6) is 0 Å². The van der Waals surface area contributed by atoms with Gasteiger partial charge in [-0.25, -0.2) is 0 Å². The molecule has 5 heteroatoms. The van der Waals surface area contributed by atoms with Gasteiger partial charge in [0.2, 0.25) is 0 Å². The standard InChI is InChI=1S/C16H16O.Al.2ClH.Mg.5H/c1-3-7-13(8-4-1)16(11-15-12-17-15)14-9-5-2-6-10-14;;;;;;;;;/h1-10,15-16H,11-12H2;;2*1H;;;;;;/q;;;;+2;;;;2*-1. The van der Waals surface area contributed by atoms with Crippen molar-refractivity contribution in [1.29, 1.82) is 0 Å². The van der Waals surface area contributed by atoms with E-state index in [-0.39, 0.29) is 68.1 Å². The molecule has 1 aliphatic rings. The Morgan fingerprint density at radius 3 is 1.62 bits per heavy atom. The van der Waals surface area contributed by atoms with E-state index in [4.69, 9.17) is 4.74 Å². The third-order valence-corrected chi connectivity index (χ3v) is 3.30. The minimum absolute atomic E-state index is 0. The molecule has 0 aliphatic carbocycles. The molecule has 0 spiro atoms. The molecule has 0 aromatic heterocycles. The van der Waals surface area contributed by atoms with Gasteiger partial charge in [-0.05, 0) is 17.5 Å². The molecule has 3 rings (SSSR count). The zero-order chi connectivity index (χ0) is 11.5. The van der Waals surface area contributed by atoms with E-state index < -0.39 is 0 Å². The molecule has 0 saturated carbocycles. The molecular weight excluding hydrogens is 330 g/mol. The Bertz CT molecular complexity index is 450. The average Bonchev–Trinajstić information content (AvgIpc) is 3.22. The van der Waals surface area contributed by atoms with Crippen molar-refractivity contribution in [2.24, 2.45) is 0 Å². The fourth-order valence-electron chi connectivity index (χ4n) is 2.30. The molecule has 1 fully saturated rings. The molecule has 0 bridgehead atoms. The predicted octanol–water partition coefficient (Wildman–Crippen LogP) is 3.11. The number of halogens is 2. The maximum absolute atomic E-state index is 5.38. The first-order chi connectivity index (χ1) is 8.43. The first kappa shape index (κ1) is 23.5. The fraction of sp³-hybridized carbons (Fsp3) is 0.250. The van der Waals surface area contributed by atoms with Crippen LogP contribution in [0, 0.1) is 0 Å². The van der Waals surface area contributed by atoms with Gasteiger partial charge >= 0.3 is 23.1 Å².